The van der Waals surface area contributed by atoms with Crippen LogP contribution in [0.5, 0.6) is 0 Å². The van der Waals surface area contributed by atoms with Crippen LogP contribution >= 0.6 is 11.3 Å². The van der Waals surface area contributed by atoms with Crippen LogP contribution in [0.4, 0.5) is 10.8 Å². The van der Waals surface area contributed by atoms with Crippen LogP contribution in [0, 0.1) is 10.1 Å². The molecule has 0 unspecified atom stereocenters. The fourth-order valence-corrected chi connectivity index (χ4v) is 3.36. The van der Waals surface area contributed by atoms with Crippen LogP contribution < -0.4 is 4.31 Å². The number of thiazole rings is 1. The van der Waals surface area contributed by atoms with Gasteiger partial charge in [0.1, 0.15) is 0 Å². The van der Waals surface area contributed by atoms with Gasteiger partial charge >= 0.3 is 0 Å². The molecule has 0 amide bonds. The molecule has 19 heavy (non-hydrogen) atoms. The van der Waals surface area contributed by atoms with E-state index in [-0.39, 0.29) is 10.6 Å². The molecule has 1 aromatic carbocycles. The molecular weight excluding hydrogens is 290 g/mol. The van der Waals surface area contributed by atoms with Gasteiger partial charge in [0.25, 0.3) is 15.7 Å². The van der Waals surface area contributed by atoms with Gasteiger partial charge in [-0.3, -0.25) is 10.1 Å². The SMILES string of the molecule is CN(c1nccs1)S(=O)(=O)c1ccc([N+](=O)[O-])cc1. The Kier molecular flexibility index (Phi) is 3.49. The fourth-order valence-electron chi connectivity index (χ4n) is 1.37. The van der Waals surface area contributed by atoms with E-state index >= 15 is 0 Å². The normalized spacial score (nSPS) is 11.2. The molecule has 100 valence electrons. The molecule has 2 aromatic rings. The summed E-state index contributed by atoms with van der Waals surface area (Å²) in [6.07, 6.45) is 1.50. The molecule has 0 atom stereocenters. The lowest BCUT2D eigenvalue weighted by Gasteiger charge is -2.15. The van der Waals surface area contributed by atoms with Crippen LogP contribution in [-0.2, 0) is 10.0 Å². The smallest absolute Gasteiger partial charge is 0.258 e. The number of nitrogens with zero attached hydrogens (tertiary/aromatic N) is 3. The minimum absolute atomic E-state index is 0.0178. The second-order valence-electron chi connectivity index (χ2n) is 3.54. The predicted octanol–water partition coefficient (Wildman–Crippen LogP) is 1.88. The third-order valence-electron chi connectivity index (χ3n) is 2.39. The topological polar surface area (TPSA) is 93.4 Å². The summed E-state index contributed by atoms with van der Waals surface area (Å²) in [7, 11) is -2.36. The zero-order valence-electron chi connectivity index (χ0n) is 9.76. The molecule has 2 rings (SSSR count). The Labute approximate surface area is 113 Å². The van der Waals surface area contributed by atoms with Crippen molar-refractivity contribution in [3.63, 3.8) is 0 Å². The Morgan fingerprint density at radius 3 is 2.42 bits per heavy atom. The number of nitro groups is 1. The molecule has 0 saturated carbocycles. The monoisotopic (exact) mass is 299 g/mol. The van der Waals surface area contributed by atoms with E-state index in [9.17, 15) is 18.5 Å². The van der Waals surface area contributed by atoms with E-state index in [4.69, 9.17) is 0 Å². The number of anilines is 1. The number of hydrogen-bond acceptors (Lipinski definition) is 6. The average Bonchev–Trinajstić information content (AvgIpc) is 2.91. The van der Waals surface area contributed by atoms with Gasteiger partial charge in [0.2, 0.25) is 0 Å². The van der Waals surface area contributed by atoms with Gasteiger partial charge < -0.3 is 0 Å². The lowest BCUT2D eigenvalue weighted by atomic mass is 10.3. The number of non-ortho nitro benzene ring substituents is 1. The van der Waals surface area contributed by atoms with Crippen molar-refractivity contribution >= 4 is 32.2 Å². The van der Waals surface area contributed by atoms with E-state index < -0.39 is 14.9 Å². The van der Waals surface area contributed by atoms with Crippen LogP contribution in [0.1, 0.15) is 0 Å². The number of hydrogen-bond donors (Lipinski definition) is 0. The Balaban J connectivity index is 2.37. The Bertz CT molecular complexity index is 680. The molecule has 0 aliphatic rings. The number of nitro benzene ring substituents is 1. The first-order valence-corrected chi connectivity index (χ1v) is 7.38. The highest BCUT2D eigenvalue weighted by Gasteiger charge is 2.23. The highest BCUT2D eigenvalue weighted by molar-refractivity contribution is 7.93. The van der Waals surface area contributed by atoms with Gasteiger partial charge in [-0.25, -0.2) is 17.7 Å². The molecule has 0 saturated heterocycles. The number of aromatic nitrogens is 1. The second kappa shape index (κ2) is 4.94. The van der Waals surface area contributed by atoms with Crippen LogP contribution in [0.15, 0.2) is 40.7 Å². The highest BCUT2D eigenvalue weighted by atomic mass is 32.2. The summed E-state index contributed by atoms with van der Waals surface area (Å²) in [6.45, 7) is 0. The first-order chi connectivity index (χ1) is 8.93. The lowest BCUT2D eigenvalue weighted by Crippen LogP contribution is -2.26. The molecule has 0 bridgehead atoms. The first-order valence-electron chi connectivity index (χ1n) is 5.06. The van der Waals surface area contributed by atoms with Crippen molar-refractivity contribution in [1.29, 1.82) is 0 Å². The first kappa shape index (κ1) is 13.4. The Morgan fingerprint density at radius 1 is 1.32 bits per heavy atom. The minimum Gasteiger partial charge on any atom is -0.258 e. The van der Waals surface area contributed by atoms with E-state index in [1.54, 1.807) is 5.38 Å². The van der Waals surface area contributed by atoms with E-state index in [1.807, 2.05) is 0 Å². The molecular formula is C10H9N3O4S2. The molecule has 0 N–H and O–H groups in total. The van der Waals surface area contributed by atoms with Crippen LogP contribution in [-0.4, -0.2) is 25.4 Å². The average molecular weight is 299 g/mol. The minimum atomic E-state index is -3.75. The van der Waals surface area contributed by atoms with Crippen molar-refractivity contribution in [1.82, 2.24) is 4.98 Å². The standard InChI is InChI=1S/C10H9N3O4S2/c1-12(10-11-6-7-18-10)19(16,17)9-4-2-8(3-5-9)13(14)15/h2-7H,1H3. The molecule has 9 heteroatoms. The number of sulfonamides is 1. The van der Waals surface area contributed by atoms with Gasteiger partial charge in [0.05, 0.1) is 9.82 Å². The molecule has 0 fully saturated rings. The Hall–Kier alpha value is -2.00. The summed E-state index contributed by atoms with van der Waals surface area (Å²) in [5.74, 6) is 0. The van der Waals surface area contributed by atoms with Crippen molar-refractivity contribution in [3.8, 4) is 0 Å². The zero-order chi connectivity index (χ0) is 14.0. The van der Waals surface area contributed by atoms with Gasteiger partial charge in [-0.2, -0.15) is 0 Å². The van der Waals surface area contributed by atoms with Crippen LogP contribution in [0.25, 0.3) is 0 Å². The molecule has 0 aliphatic heterocycles. The van der Waals surface area contributed by atoms with E-state index in [0.717, 1.165) is 16.4 Å². The molecule has 7 nitrogen and oxygen atoms in total. The predicted molar refractivity (Wildman–Crippen MR) is 70.8 cm³/mol. The van der Waals surface area contributed by atoms with Crippen molar-refractivity contribution in [2.75, 3.05) is 11.4 Å². The quantitative estimate of drug-likeness (QED) is 0.634. The maximum Gasteiger partial charge on any atom is 0.269 e. The van der Waals surface area contributed by atoms with Crippen molar-refractivity contribution < 1.29 is 13.3 Å². The zero-order valence-corrected chi connectivity index (χ0v) is 11.4. The molecule has 0 radical (unpaired) electrons. The molecule has 1 aromatic heterocycles. The van der Waals surface area contributed by atoms with Crippen LogP contribution in [0.2, 0.25) is 0 Å². The maximum absolute atomic E-state index is 12.2. The second-order valence-corrected chi connectivity index (χ2v) is 6.38. The van der Waals surface area contributed by atoms with Crippen molar-refractivity contribution in [2.24, 2.45) is 0 Å². The summed E-state index contributed by atoms with van der Waals surface area (Å²) in [5, 5.41) is 12.5. The summed E-state index contributed by atoms with van der Waals surface area (Å²) < 4.78 is 25.5. The summed E-state index contributed by atoms with van der Waals surface area (Å²) >= 11 is 1.19. The highest BCUT2D eigenvalue weighted by Crippen LogP contribution is 2.24. The third kappa shape index (κ3) is 2.56. The largest absolute Gasteiger partial charge is 0.269 e. The maximum atomic E-state index is 12.2. The van der Waals surface area contributed by atoms with Crippen molar-refractivity contribution in [2.45, 2.75) is 4.90 Å². The van der Waals surface area contributed by atoms with E-state index in [1.165, 1.54) is 36.7 Å². The summed E-state index contributed by atoms with van der Waals surface area (Å²) in [6, 6.07) is 4.72. The van der Waals surface area contributed by atoms with E-state index in [2.05, 4.69) is 4.98 Å². The van der Waals surface area contributed by atoms with Crippen LogP contribution in [0.3, 0.4) is 0 Å². The number of benzene rings is 1. The van der Waals surface area contributed by atoms with Gasteiger partial charge in [0.15, 0.2) is 5.13 Å². The summed E-state index contributed by atoms with van der Waals surface area (Å²) in [4.78, 5) is 13.8. The lowest BCUT2D eigenvalue weighted by molar-refractivity contribution is -0.384. The van der Waals surface area contributed by atoms with Gasteiger partial charge in [-0.15, -0.1) is 11.3 Å². The van der Waals surface area contributed by atoms with Gasteiger partial charge in [0, 0.05) is 30.8 Å². The number of rotatable bonds is 4. The van der Waals surface area contributed by atoms with Gasteiger partial charge in [-0.1, -0.05) is 0 Å². The third-order valence-corrected chi connectivity index (χ3v) is 5.12. The molecule has 0 aliphatic carbocycles. The van der Waals surface area contributed by atoms with E-state index in [0.29, 0.717) is 5.13 Å². The molecule has 0 spiro atoms. The van der Waals surface area contributed by atoms with Crippen molar-refractivity contribution in [3.05, 3.63) is 46.0 Å². The molecule has 1 heterocycles. The fraction of sp³-hybridized carbons (Fsp3) is 0.100. The van der Waals surface area contributed by atoms with Gasteiger partial charge in [-0.05, 0) is 12.1 Å². The summed E-state index contributed by atoms with van der Waals surface area (Å²) in [5.41, 5.74) is -0.157. The Morgan fingerprint density at radius 2 is 1.95 bits per heavy atom.